The van der Waals surface area contributed by atoms with Crippen molar-refractivity contribution in [3.63, 3.8) is 0 Å². The normalized spacial score (nSPS) is 16.1. The number of unbranched alkanes of at least 4 members (excludes halogenated alkanes) is 2. The Balaban J connectivity index is 2.22. The molecule has 0 amide bonds. The molecule has 0 saturated heterocycles. The monoisotopic (exact) mass is 286 g/mol. The first-order valence-corrected chi connectivity index (χ1v) is 7.66. The highest BCUT2D eigenvalue weighted by Crippen LogP contribution is 2.31. The van der Waals surface area contributed by atoms with E-state index < -0.39 is 11.6 Å². The maximum atomic E-state index is 12.2. The quantitative estimate of drug-likeness (QED) is 0.625. The average Bonchev–Trinajstić information content (AvgIpc) is 2.49. The van der Waals surface area contributed by atoms with Crippen LogP contribution in [-0.4, -0.2) is 16.7 Å². The van der Waals surface area contributed by atoms with Crippen LogP contribution in [0.2, 0.25) is 0 Å². The summed E-state index contributed by atoms with van der Waals surface area (Å²) in [6.45, 7) is 4.22. The summed E-state index contributed by atoms with van der Waals surface area (Å²) in [6.07, 6.45) is 4.92. The van der Waals surface area contributed by atoms with Crippen LogP contribution in [0.4, 0.5) is 0 Å². The molecule has 1 aliphatic rings. The Bertz CT molecular complexity index is 584. The lowest BCUT2D eigenvalue weighted by molar-refractivity contribution is -0.112. The number of fused-ring (bicyclic) bond motifs is 1. The summed E-state index contributed by atoms with van der Waals surface area (Å²) in [6, 6.07) is 6.75. The van der Waals surface area contributed by atoms with Gasteiger partial charge in [0.25, 0.3) is 0 Å². The van der Waals surface area contributed by atoms with Gasteiger partial charge in [-0.25, -0.2) is 0 Å². The van der Waals surface area contributed by atoms with E-state index in [1.165, 1.54) is 6.42 Å². The van der Waals surface area contributed by atoms with Gasteiger partial charge in [-0.1, -0.05) is 63.8 Å². The molecule has 0 aliphatic heterocycles. The van der Waals surface area contributed by atoms with E-state index in [9.17, 15) is 14.7 Å². The van der Waals surface area contributed by atoms with E-state index in [1.54, 1.807) is 24.3 Å². The van der Waals surface area contributed by atoms with Crippen molar-refractivity contribution >= 4 is 17.3 Å². The summed E-state index contributed by atoms with van der Waals surface area (Å²) in [7, 11) is 0. The number of benzene rings is 1. The Morgan fingerprint density at radius 2 is 1.71 bits per heavy atom. The minimum absolute atomic E-state index is 0.0162. The number of rotatable bonds is 6. The van der Waals surface area contributed by atoms with Crippen molar-refractivity contribution in [2.45, 2.75) is 46.0 Å². The zero-order valence-corrected chi connectivity index (χ0v) is 12.7. The molecule has 21 heavy (non-hydrogen) atoms. The second-order valence-corrected chi connectivity index (χ2v) is 5.84. The Hall–Kier alpha value is -1.90. The molecule has 3 heteroatoms. The Kier molecular flexibility index (Phi) is 4.94. The SMILES string of the molecule is CCCCCC(C)CC1=C(O)c2ccccc2C(=O)C1=O. The van der Waals surface area contributed by atoms with Crippen LogP contribution in [0.5, 0.6) is 0 Å². The van der Waals surface area contributed by atoms with Gasteiger partial charge < -0.3 is 5.11 Å². The van der Waals surface area contributed by atoms with E-state index in [4.69, 9.17) is 0 Å². The van der Waals surface area contributed by atoms with Gasteiger partial charge in [0.1, 0.15) is 5.76 Å². The fourth-order valence-corrected chi connectivity index (χ4v) is 2.80. The molecular formula is C18H22O3. The van der Waals surface area contributed by atoms with Crippen LogP contribution in [0.25, 0.3) is 5.76 Å². The first-order chi connectivity index (χ1) is 10.1. The molecule has 1 aromatic carbocycles. The molecule has 1 N–H and O–H groups in total. The summed E-state index contributed by atoms with van der Waals surface area (Å²) in [5, 5.41) is 10.3. The third kappa shape index (κ3) is 3.23. The van der Waals surface area contributed by atoms with Crippen molar-refractivity contribution in [3.05, 3.63) is 41.0 Å². The Morgan fingerprint density at radius 1 is 1.05 bits per heavy atom. The number of carbonyl (C=O) groups excluding carboxylic acids is 2. The third-order valence-corrected chi connectivity index (χ3v) is 4.05. The van der Waals surface area contributed by atoms with Gasteiger partial charge in [0, 0.05) is 16.7 Å². The second-order valence-electron chi connectivity index (χ2n) is 5.84. The van der Waals surface area contributed by atoms with Crippen molar-refractivity contribution < 1.29 is 14.7 Å². The summed E-state index contributed by atoms with van der Waals surface area (Å²) in [5.74, 6) is -0.777. The van der Waals surface area contributed by atoms with Gasteiger partial charge in [0.05, 0.1) is 0 Å². The number of allylic oxidation sites excluding steroid dienone is 1. The lowest BCUT2D eigenvalue weighted by Crippen LogP contribution is -2.25. The number of aliphatic hydroxyl groups excluding tert-OH is 1. The van der Waals surface area contributed by atoms with Crippen LogP contribution in [0.1, 0.15) is 61.9 Å². The number of hydrogen-bond donors (Lipinski definition) is 1. The predicted octanol–water partition coefficient (Wildman–Crippen LogP) is 4.33. The van der Waals surface area contributed by atoms with E-state index in [-0.39, 0.29) is 17.3 Å². The molecule has 0 saturated carbocycles. The summed E-state index contributed by atoms with van der Waals surface area (Å²) >= 11 is 0. The zero-order chi connectivity index (χ0) is 15.4. The minimum Gasteiger partial charge on any atom is -0.507 e. The highest BCUT2D eigenvalue weighted by Gasteiger charge is 2.32. The first-order valence-electron chi connectivity index (χ1n) is 7.66. The second kappa shape index (κ2) is 6.70. The van der Waals surface area contributed by atoms with Gasteiger partial charge in [-0.3, -0.25) is 9.59 Å². The standard InChI is InChI=1S/C18H22O3/c1-3-4-5-8-12(2)11-15-16(19)13-9-6-7-10-14(13)17(20)18(15)21/h6-7,9-10,12,19H,3-5,8,11H2,1-2H3. The maximum absolute atomic E-state index is 12.2. The topological polar surface area (TPSA) is 54.4 Å². The molecule has 0 aromatic heterocycles. The number of hydrogen-bond acceptors (Lipinski definition) is 3. The molecule has 0 fully saturated rings. The van der Waals surface area contributed by atoms with Gasteiger partial charge in [0.15, 0.2) is 0 Å². The molecule has 1 unspecified atom stereocenters. The number of aliphatic hydroxyl groups is 1. The number of carbonyl (C=O) groups is 2. The van der Waals surface area contributed by atoms with Gasteiger partial charge in [0.2, 0.25) is 11.6 Å². The molecule has 1 aliphatic carbocycles. The van der Waals surface area contributed by atoms with Crippen LogP contribution >= 0.6 is 0 Å². The van der Waals surface area contributed by atoms with Crippen LogP contribution < -0.4 is 0 Å². The van der Waals surface area contributed by atoms with Crippen LogP contribution in [0.15, 0.2) is 29.8 Å². The summed E-state index contributed by atoms with van der Waals surface area (Å²) in [5.41, 5.74) is 1.07. The molecule has 1 aromatic rings. The molecule has 0 bridgehead atoms. The highest BCUT2D eigenvalue weighted by atomic mass is 16.3. The lowest BCUT2D eigenvalue weighted by Gasteiger charge is -2.20. The van der Waals surface area contributed by atoms with E-state index in [1.807, 2.05) is 0 Å². The Labute approximate surface area is 125 Å². The lowest BCUT2D eigenvalue weighted by atomic mass is 9.83. The van der Waals surface area contributed by atoms with Gasteiger partial charge in [-0.05, 0) is 12.3 Å². The van der Waals surface area contributed by atoms with Gasteiger partial charge >= 0.3 is 0 Å². The minimum atomic E-state index is -0.548. The van der Waals surface area contributed by atoms with E-state index in [2.05, 4.69) is 13.8 Å². The molecule has 3 nitrogen and oxygen atoms in total. The van der Waals surface area contributed by atoms with Crippen molar-refractivity contribution in [2.75, 3.05) is 0 Å². The fraction of sp³-hybridized carbons (Fsp3) is 0.444. The highest BCUT2D eigenvalue weighted by molar-refractivity contribution is 6.52. The third-order valence-electron chi connectivity index (χ3n) is 4.05. The van der Waals surface area contributed by atoms with Gasteiger partial charge in [-0.15, -0.1) is 0 Å². The molecule has 2 rings (SSSR count). The molecule has 1 atom stereocenters. The summed E-state index contributed by atoms with van der Waals surface area (Å²) in [4.78, 5) is 24.3. The van der Waals surface area contributed by atoms with Gasteiger partial charge in [-0.2, -0.15) is 0 Å². The largest absolute Gasteiger partial charge is 0.507 e. The molecule has 112 valence electrons. The van der Waals surface area contributed by atoms with Crippen molar-refractivity contribution in [1.29, 1.82) is 0 Å². The van der Waals surface area contributed by atoms with Crippen LogP contribution in [0.3, 0.4) is 0 Å². The van der Waals surface area contributed by atoms with Crippen molar-refractivity contribution in [2.24, 2.45) is 5.92 Å². The molecule has 0 heterocycles. The van der Waals surface area contributed by atoms with E-state index in [0.717, 1.165) is 19.3 Å². The van der Waals surface area contributed by atoms with E-state index in [0.29, 0.717) is 17.5 Å². The van der Waals surface area contributed by atoms with E-state index >= 15 is 0 Å². The smallest absolute Gasteiger partial charge is 0.234 e. The molecular weight excluding hydrogens is 264 g/mol. The van der Waals surface area contributed by atoms with Crippen molar-refractivity contribution in [3.8, 4) is 0 Å². The van der Waals surface area contributed by atoms with Crippen LogP contribution in [0, 0.1) is 5.92 Å². The predicted molar refractivity (Wildman–Crippen MR) is 83.3 cm³/mol. The molecule has 0 radical (unpaired) electrons. The Morgan fingerprint density at radius 3 is 2.38 bits per heavy atom. The zero-order valence-electron chi connectivity index (χ0n) is 12.7. The summed E-state index contributed by atoms with van der Waals surface area (Å²) < 4.78 is 0. The average molecular weight is 286 g/mol. The number of Topliss-reactive ketones (excluding diaryl/α,β-unsaturated/α-hetero) is 2. The first kappa shape index (κ1) is 15.5. The fourth-order valence-electron chi connectivity index (χ4n) is 2.80. The van der Waals surface area contributed by atoms with Crippen molar-refractivity contribution in [1.82, 2.24) is 0 Å². The molecule has 0 spiro atoms. The maximum Gasteiger partial charge on any atom is 0.234 e. The van der Waals surface area contributed by atoms with Crippen LogP contribution in [-0.2, 0) is 4.79 Å². The number of ketones is 2.